The summed E-state index contributed by atoms with van der Waals surface area (Å²) in [5, 5.41) is 12.1. The van der Waals surface area contributed by atoms with Crippen molar-refractivity contribution in [2.75, 3.05) is 31.2 Å². The molecule has 9 heteroatoms. The number of hydrogen-bond acceptors (Lipinski definition) is 8. The van der Waals surface area contributed by atoms with Gasteiger partial charge in [-0.25, -0.2) is 9.59 Å². The molecule has 32 heavy (non-hydrogen) atoms. The summed E-state index contributed by atoms with van der Waals surface area (Å²) in [5.74, 6) is -0.527. The lowest BCUT2D eigenvalue weighted by molar-refractivity contribution is -0.384. The number of esters is 1. The van der Waals surface area contributed by atoms with Gasteiger partial charge in [0, 0.05) is 42.2 Å². The molecular formula is C23H20N2O7. The number of aryl methyl sites for hydroxylation is 1. The van der Waals surface area contributed by atoms with Gasteiger partial charge < -0.3 is 18.8 Å². The zero-order valence-electron chi connectivity index (χ0n) is 17.2. The molecular weight excluding hydrogens is 416 g/mol. The van der Waals surface area contributed by atoms with Crippen molar-refractivity contribution in [3.63, 3.8) is 0 Å². The second kappa shape index (κ2) is 8.08. The maximum atomic E-state index is 13.0. The third kappa shape index (κ3) is 3.60. The molecule has 0 bridgehead atoms. The highest BCUT2D eigenvalue weighted by Crippen LogP contribution is 2.31. The van der Waals surface area contributed by atoms with Gasteiger partial charge in [-0.2, -0.15) is 0 Å². The van der Waals surface area contributed by atoms with E-state index in [1.165, 1.54) is 18.2 Å². The highest BCUT2D eigenvalue weighted by atomic mass is 16.6. The quantitative estimate of drug-likeness (QED) is 0.201. The lowest BCUT2D eigenvalue weighted by atomic mass is 10.1. The van der Waals surface area contributed by atoms with Crippen molar-refractivity contribution in [1.82, 2.24) is 0 Å². The summed E-state index contributed by atoms with van der Waals surface area (Å²) in [6, 6.07) is 9.09. The molecule has 0 atom stereocenters. The molecule has 2 heterocycles. The molecule has 0 unspecified atom stereocenters. The zero-order chi connectivity index (χ0) is 22.2. The molecule has 164 valence electrons. The summed E-state index contributed by atoms with van der Waals surface area (Å²) < 4.78 is 16.4. The molecule has 0 amide bonds. The summed E-state index contributed by atoms with van der Waals surface area (Å²) in [6.07, 6.45) is 2.43. The highest BCUT2D eigenvalue weighted by molar-refractivity contribution is 5.98. The van der Waals surface area contributed by atoms with E-state index in [2.05, 4.69) is 0 Å². The average Bonchev–Trinajstić information content (AvgIpc) is 3.30. The van der Waals surface area contributed by atoms with E-state index in [0.717, 1.165) is 23.8 Å². The van der Waals surface area contributed by atoms with Crippen LogP contribution in [0.3, 0.4) is 0 Å². The summed E-state index contributed by atoms with van der Waals surface area (Å²) in [6.45, 7) is 2.12. The second-order valence-electron chi connectivity index (χ2n) is 7.81. The Labute approximate surface area is 182 Å². The number of morpholine rings is 1. The van der Waals surface area contributed by atoms with E-state index >= 15 is 0 Å². The van der Waals surface area contributed by atoms with Gasteiger partial charge in [-0.05, 0) is 43.0 Å². The summed E-state index contributed by atoms with van der Waals surface area (Å²) in [7, 11) is 0. The topological polar surface area (TPSA) is 112 Å². The van der Waals surface area contributed by atoms with Crippen LogP contribution < -0.4 is 15.3 Å². The molecule has 0 spiro atoms. The lowest BCUT2D eigenvalue weighted by Gasteiger charge is -2.30. The summed E-state index contributed by atoms with van der Waals surface area (Å²) in [5.41, 5.74) is 2.14. The molecule has 1 fully saturated rings. The van der Waals surface area contributed by atoms with Crippen LogP contribution in [-0.4, -0.2) is 37.2 Å². The first-order chi connectivity index (χ1) is 15.5. The molecule has 1 aliphatic carbocycles. The van der Waals surface area contributed by atoms with E-state index < -0.39 is 10.9 Å². The summed E-state index contributed by atoms with van der Waals surface area (Å²) >= 11 is 0. The third-order valence-electron chi connectivity index (χ3n) is 5.92. The van der Waals surface area contributed by atoms with Crippen LogP contribution in [0.1, 0.15) is 27.9 Å². The van der Waals surface area contributed by atoms with Crippen molar-refractivity contribution in [3.05, 3.63) is 73.6 Å². The maximum absolute atomic E-state index is 13.0. The molecule has 1 saturated heterocycles. The predicted octanol–water partition coefficient (Wildman–Crippen LogP) is 3.25. The minimum atomic E-state index is -0.724. The van der Waals surface area contributed by atoms with E-state index in [9.17, 15) is 19.7 Å². The number of hydrogen-bond donors (Lipinski definition) is 0. The number of benzene rings is 2. The van der Waals surface area contributed by atoms with Gasteiger partial charge >= 0.3 is 11.6 Å². The molecule has 0 saturated carbocycles. The Morgan fingerprint density at radius 3 is 2.62 bits per heavy atom. The van der Waals surface area contributed by atoms with Gasteiger partial charge in [0.1, 0.15) is 11.3 Å². The first-order valence-electron chi connectivity index (χ1n) is 10.4. The van der Waals surface area contributed by atoms with Gasteiger partial charge in [0.25, 0.3) is 5.69 Å². The van der Waals surface area contributed by atoms with E-state index in [0.29, 0.717) is 49.6 Å². The Hall–Kier alpha value is -3.72. The van der Waals surface area contributed by atoms with E-state index in [-0.39, 0.29) is 22.6 Å². The van der Waals surface area contributed by atoms with Gasteiger partial charge in [-0.3, -0.25) is 10.1 Å². The van der Waals surface area contributed by atoms with Crippen molar-refractivity contribution in [2.24, 2.45) is 0 Å². The molecule has 0 radical (unpaired) electrons. The normalized spacial score (nSPS) is 15.6. The van der Waals surface area contributed by atoms with Crippen LogP contribution in [-0.2, 0) is 17.6 Å². The molecule has 0 N–H and O–H groups in total. The number of ether oxygens (including phenoxy) is 2. The Balaban J connectivity index is 1.49. The largest absolute Gasteiger partial charge is 0.423 e. The van der Waals surface area contributed by atoms with E-state index in [1.54, 1.807) is 18.2 Å². The first-order valence-corrected chi connectivity index (χ1v) is 10.4. The van der Waals surface area contributed by atoms with Crippen molar-refractivity contribution in [1.29, 1.82) is 0 Å². The number of rotatable bonds is 4. The average molecular weight is 436 g/mol. The van der Waals surface area contributed by atoms with Gasteiger partial charge in [-0.1, -0.05) is 0 Å². The minimum absolute atomic E-state index is 0.0941. The predicted molar refractivity (Wildman–Crippen MR) is 116 cm³/mol. The number of nitro groups is 1. The molecule has 2 aliphatic rings. The Kier molecular flexibility index (Phi) is 5.10. The molecule has 2 aromatic carbocycles. The maximum Gasteiger partial charge on any atom is 0.345 e. The molecule has 1 aromatic heterocycles. The fraction of sp³-hybridized carbons (Fsp3) is 0.304. The minimum Gasteiger partial charge on any atom is -0.423 e. The van der Waals surface area contributed by atoms with Gasteiger partial charge in [0.05, 0.1) is 29.4 Å². The lowest BCUT2D eigenvalue weighted by Crippen LogP contribution is -2.37. The van der Waals surface area contributed by atoms with Crippen LogP contribution in [0.15, 0.2) is 45.6 Å². The van der Waals surface area contributed by atoms with Gasteiger partial charge in [0.2, 0.25) is 0 Å². The second-order valence-corrected chi connectivity index (χ2v) is 7.81. The van der Waals surface area contributed by atoms with Crippen LogP contribution in [0.25, 0.3) is 11.0 Å². The Morgan fingerprint density at radius 2 is 1.84 bits per heavy atom. The molecule has 1 aliphatic heterocycles. The van der Waals surface area contributed by atoms with Gasteiger partial charge in [-0.15, -0.1) is 0 Å². The fourth-order valence-corrected chi connectivity index (χ4v) is 4.37. The van der Waals surface area contributed by atoms with E-state index in [4.69, 9.17) is 13.9 Å². The summed E-state index contributed by atoms with van der Waals surface area (Å²) in [4.78, 5) is 38.0. The number of carbonyl (C=O) groups excluding carboxylic acids is 1. The van der Waals surface area contributed by atoms with Crippen LogP contribution in [0.5, 0.6) is 5.75 Å². The third-order valence-corrected chi connectivity index (χ3v) is 5.92. The van der Waals surface area contributed by atoms with Gasteiger partial charge in [0.15, 0.2) is 0 Å². The molecule has 5 rings (SSSR count). The number of nitrogens with zero attached hydrogens (tertiary/aromatic N) is 2. The van der Waals surface area contributed by atoms with Crippen molar-refractivity contribution < 1.29 is 23.6 Å². The number of carbonyl (C=O) groups is 1. The number of non-ortho nitro benzene ring substituents is 1. The standard InChI is InChI=1S/C23H20N2O7/c26-22-18-3-1-2-16(18)17-6-5-15(13-21(17)32-22)31-23(27)19-12-14(25(28)29)4-7-20(19)24-8-10-30-11-9-24/h4-7,12-13H,1-3,8-11H2. The van der Waals surface area contributed by atoms with Crippen molar-refractivity contribution >= 4 is 28.3 Å². The number of fused-ring (bicyclic) bond motifs is 3. The van der Waals surface area contributed by atoms with Crippen LogP contribution in [0.4, 0.5) is 11.4 Å². The van der Waals surface area contributed by atoms with Crippen molar-refractivity contribution in [2.45, 2.75) is 19.3 Å². The zero-order valence-corrected chi connectivity index (χ0v) is 17.2. The van der Waals surface area contributed by atoms with Crippen LogP contribution in [0, 0.1) is 10.1 Å². The van der Waals surface area contributed by atoms with Crippen molar-refractivity contribution in [3.8, 4) is 5.75 Å². The van der Waals surface area contributed by atoms with Crippen LogP contribution >= 0.6 is 0 Å². The molecule has 9 nitrogen and oxygen atoms in total. The first kappa shape index (κ1) is 20.2. The highest BCUT2D eigenvalue weighted by Gasteiger charge is 2.24. The fourth-order valence-electron chi connectivity index (χ4n) is 4.37. The SMILES string of the molecule is O=C(Oc1ccc2c3c(c(=O)oc2c1)CCC3)c1cc([N+](=O)[O-])ccc1N1CCOCC1. The monoisotopic (exact) mass is 436 g/mol. The Bertz CT molecular complexity index is 1290. The number of nitro benzene ring substituents is 1. The smallest absolute Gasteiger partial charge is 0.345 e. The van der Waals surface area contributed by atoms with E-state index in [1.807, 2.05) is 4.90 Å². The number of anilines is 1. The Morgan fingerprint density at radius 1 is 1.06 bits per heavy atom. The molecule has 3 aromatic rings. The van der Waals surface area contributed by atoms with Crippen LogP contribution in [0.2, 0.25) is 0 Å².